The summed E-state index contributed by atoms with van der Waals surface area (Å²) in [6.45, 7) is 3.38. The summed E-state index contributed by atoms with van der Waals surface area (Å²) < 4.78 is 70.7. The predicted molar refractivity (Wildman–Crippen MR) is 167 cm³/mol. The Balaban J connectivity index is 1.32. The van der Waals surface area contributed by atoms with E-state index in [0.717, 1.165) is 33.9 Å². The van der Waals surface area contributed by atoms with Gasteiger partial charge in [-0.2, -0.15) is 18.2 Å². The van der Waals surface area contributed by atoms with Gasteiger partial charge in [0.05, 0.1) is 11.8 Å². The molecule has 4 aromatic carbocycles. The summed E-state index contributed by atoms with van der Waals surface area (Å²) in [5.41, 5.74) is 6.06. The summed E-state index contributed by atoms with van der Waals surface area (Å²) in [5.74, 6) is -2.36. The van der Waals surface area contributed by atoms with Gasteiger partial charge in [0, 0.05) is 11.1 Å². The number of fused-ring (bicyclic) bond motifs is 4. The van der Waals surface area contributed by atoms with Crippen molar-refractivity contribution in [2.45, 2.75) is 32.4 Å². The third-order valence-corrected chi connectivity index (χ3v) is 8.05. The molecule has 0 saturated heterocycles. The minimum atomic E-state index is -4.92. The van der Waals surface area contributed by atoms with Crippen LogP contribution in [-0.4, -0.2) is 32.6 Å². The average molecular weight is 656 g/mol. The second-order valence-corrected chi connectivity index (χ2v) is 11.5. The van der Waals surface area contributed by atoms with E-state index < -0.39 is 30.1 Å². The molecule has 6 aromatic rings. The minimum Gasteiger partial charge on any atom is -0.481 e. The smallest absolute Gasteiger partial charge is 0.419 e. The van der Waals surface area contributed by atoms with Gasteiger partial charge in [0.1, 0.15) is 22.8 Å². The lowest BCUT2D eigenvalue weighted by molar-refractivity contribution is -0.140. The molecule has 1 N–H and O–H groups in total. The molecule has 0 amide bonds. The van der Waals surface area contributed by atoms with Crippen molar-refractivity contribution in [3.63, 3.8) is 0 Å². The van der Waals surface area contributed by atoms with Crippen molar-refractivity contribution in [2.24, 2.45) is 0 Å². The zero-order valence-corrected chi connectivity index (χ0v) is 25.4. The largest absolute Gasteiger partial charge is 0.481 e. The maximum Gasteiger partial charge on any atom is 0.419 e. The molecular weight excluding hydrogens is 630 g/mol. The summed E-state index contributed by atoms with van der Waals surface area (Å²) in [6, 6.07) is 19.7. The Morgan fingerprint density at radius 2 is 1.71 bits per heavy atom. The van der Waals surface area contributed by atoms with Crippen LogP contribution in [0.25, 0.3) is 44.9 Å². The molecule has 8 nitrogen and oxygen atoms in total. The molecule has 1 aliphatic rings. The molecule has 0 saturated carbocycles. The van der Waals surface area contributed by atoms with E-state index in [1.54, 1.807) is 0 Å². The zero-order chi connectivity index (χ0) is 33.7. The van der Waals surface area contributed by atoms with Gasteiger partial charge in [-0.05, 0) is 76.1 Å². The molecule has 0 unspecified atom stereocenters. The lowest BCUT2D eigenvalue weighted by atomic mass is 9.89. The summed E-state index contributed by atoms with van der Waals surface area (Å²) in [4.78, 5) is 24.4. The van der Waals surface area contributed by atoms with E-state index in [0.29, 0.717) is 35.4 Å². The van der Waals surface area contributed by atoms with Gasteiger partial charge in [-0.25, -0.2) is 19.2 Å². The fraction of sp³-hybridized carbons (Fsp3) is 0.167. The number of rotatable bonds is 8. The van der Waals surface area contributed by atoms with E-state index in [-0.39, 0.29) is 34.8 Å². The number of carboxylic acid groups (broad SMARTS) is 1. The van der Waals surface area contributed by atoms with Crippen molar-refractivity contribution < 1.29 is 41.4 Å². The number of ether oxygens (including phenoxy) is 2. The van der Waals surface area contributed by atoms with E-state index >= 15 is 0 Å². The number of aliphatic carboxylic acids is 1. The lowest BCUT2D eigenvalue weighted by Gasteiger charge is -2.20. The van der Waals surface area contributed by atoms with Gasteiger partial charge in [-0.15, -0.1) is 0 Å². The van der Waals surface area contributed by atoms with Crippen LogP contribution in [0.2, 0.25) is 0 Å². The monoisotopic (exact) mass is 655 g/mol. The fourth-order valence-electron chi connectivity index (χ4n) is 5.89. The molecule has 242 valence electrons. The second-order valence-electron chi connectivity index (χ2n) is 11.5. The third kappa shape index (κ3) is 5.70. The van der Waals surface area contributed by atoms with Crippen LogP contribution in [0.3, 0.4) is 0 Å². The van der Waals surface area contributed by atoms with Crippen molar-refractivity contribution in [1.29, 1.82) is 0 Å². The highest BCUT2D eigenvalue weighted by Gasteiger charge is 2.34. The SMILES string of the molecule is CC(C)c1cc(-c2nc3cnc(Oc4ccc(F)c(C(F)(F)F)c4)nc3o2)cc(-c2cccc3c2Cc2ccccc2-3)c1OCC(=O)O. The van der Waals surface area contributed by atoms with Crippen LogP contribution < -0.4 is 9.47 Å². The molecule has 0 atom stereocenters. The van der Waals surface area contributed by atoms with Crippen molar-refractivity contribution in [2.75, 3.05) is 6.61 Å². The van der Waals surface area contributed by atoms with E-state index in [1.807, 2.05) is 50.2 Å². The molecule has 0 fully saturated rings. The number of hydrogen-bond acceptors (Lipinski definition) is 7. The highest BCUT2D eigenvalue weighted by atomic mass is 19.4. The van der Waals surface area contributed by atoms with Crippen LogP contribution in [0.4, 0.5) is 17.6 Å². The predicted octanol–water partition coefficient (Wildman–Crippen LogP) is 9.06. The molecule has 12 heteroatoms. The van der Waals surface area contributed by atoms with E-state index in [1.165, 1.54) is 11.8 Å². The van der Waals surface area contributed by atoms with Gasteiger partial charge in [-0.3, -0.25) is 0 Å². The molecule has 2 heterocycles. The van der Waals surface area contributed by atoms with Crippen LogP contribution in [0.1, 0.15) is 42.0 Å². The van der Waals surface area contributed by atoms with Gasteiger partial charge in [0.15, 0.2) is 6.61 Å². The second kappa shape index (κ2) is 11.8. The van der Waals surface area contributed by atoms with Crippen molar-refractivity contribution in [3.05, 3.63) is 107 Å². The number of carboxylic acids is 1. The van der Waals surface area contributed by atoms with Crippen LogP contribution >= 0.6 is 0 Å². The summed E-state index contributed by atoms with van der Waals surface area (Å²) in [6.07, 6.45) is -2.93. The third-order valence-electron chi connectivity index (χ3n) is 8.05. The fourth-order valence-corrected chi connectivity index (χ4v) is 5.89. The zero-order valence-electron chi connectivity index (χ0n) is 25.4. The average Bonchev–Trinajstić information content (AvgIpc) is 3.65. The van der Waals surface area contributed by atoms with Crippen molar-refractivity contribution in [1.82, 2.24) is 15.0 Å². The Bertz CT molecular complexity index is 2230. The van der Waals surface area contributed by atoms with Crippen LogP contribution in [0, 0.1) is 5.82 Å². The number of aromatic nitrogens is 3. The molecule has 2 aromatic heterocycles. The first-order valence-electron chi connectivity index (χ1n) is 14.9. The van der Waals surface area contributed by atoms with Crippen LogP contribution in [-0.2, 0) is 17.4 Å². The Hall–Kier alpha value is -5.78. The number of hydrogen-bond donors (Lipinski definition) is 1. The van der Waals surface area contributed by atoms with E-state index in [4.69, 9.17) is 13.9 Å². The van der Waals surface area contributed by atoms with Gasteiger partial charge >= 0.3 is 18.2 Å². The van der Waals surface area contributed by atoms with Gasteiger partial charge in [-0.1, -0.05) is 56.3 Å². The van der Waals surface area contributed by atoms with E-state index in [2.05, 4.69) is 33.2 Å². The Labute approximate surface area is 270 Å². The molecular formula is C36H25F4N3O5. The maximum atomic E-state index is 13.8. The van der Waals surface area contributed by atoms with Crippen molar-refractivity contribution >= 4 is 17.2 Å². The highest BCUT2D eigenvalue weighted by Crippen LogP contribution is 2.47. The number of carbonyl (C=O) groups is 1. The van der Waals surface area contributed by atoms with Gasteiger partial charge < -0.3 is 19.0 Å². The quantitative estimate of drug-likeness (QED) is 0.162. The molecule has 48 heavy (non-hydrogen) atoms. The number of oxazole rings is 1. The first kappa shape index (κ1) is 30.9. The summed E-state index contributed by atoms with van der Waals surface area (Å²) >= 11 is 0. The normalized spacial score (nSPS) is 12.3. The summed E-state index contributed by atoms with van der Waals surface area (Å²) in [7, 11) is 0. The molecule has 7 rings (SSSR count). The maximum absolute atomic E-state index is 13.8. The number of halogens is 4. The minimum absolute atomic E-state index is 0.00283. The molecule has 0 aliphatic heterocycles. The molecule has 1 aliphatic carbocycles. The highest BCUT2D eigenvalue weighted by molar-refractivity contribution is 5.89. The molecule has 0 spiro atoms. The molecule has 0 radical (unpaired) electrons. The Kier molecular flexibility index (Phi) is 7.57. The standard InChI is InChI=1S/C36H25F4N3O5/c1-18(2)25-13-20(33-42-30-16-41-35(43-34(30)48-33)47-21-10-11-29(37)28(15-21)36(38,39)40)14-27(32(25)46-17-31(44)45)24-9-5-8-23-22-7-4-3-6-19(22)12-26(23)24/h3-11,13-16,18H,12,17H2,1-2H3,(H,44,45). The Morgan fingerprint density at radius 3 is 2.46 bits per heavy atom. The number of benzene rings is 4. The van der Waals surface area contributed by atoms with Crippen LogP contribution in [0.15, 0.2) is 83.4 Å². The number of nitrogens with zero attached hydrogens (tertiary/aromatic N) is 3. The first-order valence-corrected chi connectivity index (χ1v) is 14.9. The van der Waals surface area contributed by atoms with Gasteiger partial charge in [0.2, 0.25) is 5.89 Å². The van der Waals surface area contributed by atoms with Crippen molar-refractivity contribution in [3.8, 4) is 51.2 Å². The molecule has 0 bridgehead atoms. The summed E-state index contributed by atoms with van der Waals surface area (Å²) in [5, 5.41) is 9.49. The first-order chi connectivity index (χ1) is 23.0. The number of alkyl halides is 3. The Morgan fingerprint density at radius 1 is 0.958 bits per heavy atom. The lowest BCUT2D eigenvalue weighted by Crippen LogP contribution is -2.12. The van der Waals surface area contributed by atoms with Gasteiger partial charge in [0.25, 0.3) is 5.71 Å². The van der Waals surface area contributed by atoms with E-state index in [9.17, 15) is 27.5 Å². The van der Waals surface area contributed by atoms with Crippen LogP contribution in [0.5, 0.6) is 17.5 Å². The topological polar surface area (TPSA) is 108 Å².